The third-order valence-corrected chi connectivity index (χ3v) is 1.50. The van der Waals surface area contributed by atoms with E-state index in [2.05, 4.69) is 0 Å². The summed E-state index contributed by atoms with van der Waals surface area (Å²) in [6.07, 6.45) is -8.08. The minimum Gasteiger partial charge on any atom is -0.790 e. The molecule has 0 spiro atoms. The monoisotopic (exact) mass is 376 g/mol. The van der Waals surface area contributed by atoms with Crippen LogP contribution in [0.4, 0.5) is 0 Å². The van der Waals surface area contributed by atoms with Crippen molar-refractivity contribution < 1.29 is 165 Å². The zero-order valence-electron chi connectivity index (χ0n) is 11.7. The van der Waals surface area contributed by atoms with Gasteiger partial charge in [0.1, 0.15) is 24.4 Å². The van der Waals surface area contributed by atoms with E-state index in [1.807, 2.05) is 0 Å². The number of rotatable bonds is 5. The normalized spacial score (nSPS) is 15.4. The Morgan fingerprint density at radius 1 is 1.05 bits per heavy atom. The average Bonchev–Trinajstić information content (AvgIpc) is 2.22. The predicted molar refractivity (Wildman–Crippen MR) is 45.9 cm³/mol. The smallest absolute Gasteiger partial charge is 0.790 e. The number of carbonyl (C=O) groups excluding carboxylic acids is 1. The van der Waals surface area contributed by atoms with Gasteiger partial charge < -0.3 is 54.7 Å². The van der Waals surface area contributed by atoms with Gasteiger partial charge in [0.25, 0.3) is 0 Å². The Labute approximate surface area is 206 Å². The van der Waals surface area contributed by atoms with E-state index in [-0.39, 0.29) is 110 Å². The van der Waals surface area contributed by atoms with Crippen molar-refractivity contribution in [3.05, 3.63) is 0 Å². The van der Waals surface area contributed by atoms with Crippen molar-refractivity contribution in [3.8, 4) is 0 Å². The van der Waals surface area contributed by atoms with E-state index in [0.29, 0.717) is 0 Å². The fourth-order valence-electron chi connectivity index (χ4n) is 0.662. The van der Waals surface area contributed by atoms with Crippen LogP contribution in [0.3, 0.4) is 0 Å². The molecule has 0 amide bonds. The molecule has 0 radical (unpaired) electrons. The Morgan fingerprint density at radius 2 is 1.33 bits per heavy atom. The maximum atomic E-state index is 9.98. The van der Waals surface area contributed by atoms with Crippen molar-refractivity contribution in [1.82, 2.24) is 0 Å². The quantitative estimate of drug-likeness (QED) is 0.195. The molecule has 0 saturated carbocycles. The number of carbonyl (C=O) groups is 1. The molecule has 11 nitrogen and oxygen atoms in total. The Morgan fingerprint density at radius 3 is 1.52 bits per heavy atom. The van der Waals surface area contributed by atoms with Gasteiger partial charge in [-0.2, -0.15) is 0 Å². The molecule has 4 atom stereocenters. The van der Waals surface area contributed by atoms with Crippen LogP contribution < -0.4 is 125 Å². The number of aliphatic hydroxyl groups excluding tert-OH is 5. The topological polar surface area (TPSA) is 225 Å². The maximum Gasteiger partial charge on any atom is 1.00 e. The summed E-state index contributed by atoms with van der Waals surface area (Å²) in [6, 6.07) is 0. The van der Waals surface area contributed by atoms with E-state index < -0.39 is 44.8 Å². The van der Waals surface area contributed by atoms with E-state index in [1.54, 1.807) is 0 Å². The molecule has 0 saturated heterocycles. The van der Waals surface area contributed by atoms with Gasteiger partial charge in [-0.3, -0.25) is 0 Å². The Hall–Kier alpha value is 3.02. The maximum absolute atomic E-state index is 9.98. The number of carboxylic acid groups (broad SMARTS) is 1. The van der Waals surface area contributed by atoms with Gasteiger partial charge in [0, 0.05) is 0 Å². The average molecular weight is 376 g/mol. The van der Waals surface area contributed by atoms with Crippen LogP contribution in [0.15, 0.2) is 0 Å². The molecule has 0 aliphatic heterocycles. The molecule has 0 aliphatic carbocycles. The van der Waals surface area contributed by atoms with Gasteiger partial charge in [-0.25, -0.2) is 0 Å². The number of carboxylic acids is 1. The second kappa shape index (κ2) is 17.8. The molecule has 110 valence electrons. The van der Waals surface area contributed by atoms with Crippen LogP contribution in [-0.2, 0) is 9.36 Å². The minimum absolute atomic E-state index is 0. The van der Waals surface area contributed by atoms with Crippen LogP contribution in [0.2, 0.25) is 0 Å². The van der Waals surface area contributed by atoms with Gasteiger partial charge in [-0.15, -0.1) is 0 Å². The van der Waals surface area contributed by atoms with Crippen molar-refractivity contribution in [2.75, 3.05) is 6.61 Å². The second-order valence-electron chi connectivity index (χ2n) is 2.96. The third-order valence-electron chi connectivity index (χ3n) is 1.50. The van der Waals surface area contributed by atoms with E-state index >= 15 is 0 Å². The van der Waals surface area contributed by atoms with Crippen molar-refractivity contribution in [3.63, 3.8) is 0 Å². The van der Waals surface area contributed by atoms with Crippen LogP contribution in [0, 0.1) is 0 Å². The Balaban J connectivity index is -0.0000000933. The first kappa shape index (κ1) is 35.2. The summed E-state index contributed by atoms with van der Waals surface area (Å²) in [5, 5.41) is 53.4. The van der Waals surface area contributed by atoms with Gasteiger partial charge >= 0.3 is 110 Å². The molecule has 21 heavy (non-hydrogen) atoms. The van der Waals surface area contributed by atoms with E-state index in [4.69, 9.17) is 44.8 Å². The first-order chi connectivity index (χ1) is 7.91. The summed E-state index contributed by atoms with van der Waals surface area (Å²) < 4.78 is 8.66. The number of phosphoric acid groups is 1. The summed E-state index contributed by atoms with van der Waals surface area (Å²) >= 11 is 0. The molecule has 0 rings (SSSR count). The number of aliphatic hydroxyl groups is 5. The molecule has 0 aromatic heterocycles. The molecule has 0 aromatic carbocycles. The van der Waals surface area contributed by atoms with Crippen molar-refractivity contribution in [2.45, 2.75) is 24.4 Å². The third kappa shape index (κ3) is 23.0. The summed E-state index contributed by atoms with van der Waals surface area (Å²) in [5.74, 6) is -1.98. The second-order valence-corrected chi connectivity index (χ2v) is 3.90. The predicted octanol–water partition coefficient (Wildman–Crippen LogP) is -16.0. The number of hydrogen-bond donors (Lipinski definition) is 6. The van der Waals surface area contributed by atoms with Crippen LogP contribution in [-0.4, -0.2) is 67.4 Å². The molecular weight excluding hydrogens is 364 g/mol. The molecule has 0 aromatic rings. The van der Waals surface area contributed by atoms with Gasteiger partial charge in [0.2, 0.25) is 0 Å². The zero-order valence-corrected chi connectivity index (χ0v) is 19.7. The summed E-state index contributed by atoms with van der Waals surface area (Å²) in [5.41, 5.74) is 0. The molecule has 0 aliphatic rings. The first-order valence-electron chi connectivity index (χ1n) is 4.20. The van der Waals surface area contributed by atoms with Gasteiger partial charge in [0.15, 0.2) is 0 Å². The molecular formula is C6H12KNa2O11P. The summed E-state index contributed by atoms with van der Waals surface area (Å²) in [4.78, 5) is 34.3. The van der Waals surface area contributed by atoms with Crippen LogP contribution >= 0.6 is 7.82 Å². The van der Waals surface area contributed by atoms with Crippen LogP contribution in [0.1, 0.15) is 0 Å². The minimum atomic E-state index is -5.14. The summed E-state index contributed by atoms with van der Waals surface area (Å²) in [7, 11) is -5.14. The van der Waals surface area contributed by atoms with Crippen LogP contribution in [0.25, 0.3) is 0 Å². The van der Waals surface area contributed by atoms with E-state index in [9.17, 15) is 9.90 Å². The fraction of sp³-hybridized carbons (Fsp3) is 0.833. The van der Waals surface area contributed by atoms with Gasteiger partial charge in [0.05, 0.1) is 20.4 Å². The molecule has 0 fully saturated rings. The van der Waals surface area contributed by atoms with Crippen LogP contribution in [0.5, 0.6) is 0 Å². The molecule has 15 heteroatoms. The summed E-state index contributed by atoms with van der Waals surface area (Å²) in [6.45, 7) is -0.863. The van der Waals surface area contributed by atoms with Gasteiger partial charge in [-0.05, 0) is 0 Å². The van der Waals surface area contributed by atoms with Crippen molar-refractivity contribution >= 4 is 13.8 Å². The van der Waals surface area contributed by atoms with E-state index in [1.165, 1.54) is 0 Å². The van der Waals surface area contributed by atoms with Gasteiger partial charge in [-0.1, -0.05) is 0 Å². The standard InChI is InChI=1S/C6H12O7.K.2Na.H3O4P/c7-1-2(8)3(9)4(10)5(11)6(12)13;;;;1-5(2,3)4/h2-5,7-11H,1H2,(H,12,13);;;;(H3,1,2,3,4)/q;3*+1;/p-3/t2-,3-,4+,5-;;;;/m1..../s1. The Kier molecular flexibility index (Phi) is 29.9. The molecule has 0 heterocycles. The fourth-order valence-corrected chi connectivity index (χ4v) is 0.662. The SMILES string of the molecule is O=C([O-])[C@H](O)[C@@H](O)[C@H](O)[C@H](O)CO.O=P([O-])([O-])O.[K+].[Na+].[Na+]. The van der Waals surface area contributed by atoms with E-state index in [0.717, 1.165) is 0 Å². The number of hydrogen-bond acceptors (Lipinski definition) is 10. The largest absolute Gasteiger partial charge is 1.00 e. The van der Waals surface area contributed by atoms with Crippen molar-refractivity contribution in [1.29, 1.82) is 0 Å². The number of aliphatic carboxylic acids is 1. The Bertz CT molecular complexity index is 294. The molecule has 0 bridgehead atoms. The zero-order chi connectivity index (χ0) is 15.1. The first-order valence-corrected chi connectivity index (χ1v) is 5.70. The molecule has 6 N–H and O–H groups in total. The van der Waals surface area contributed by atoms with Crippen molar-refractivity contribution in [2.24, 2.45) is 0 Å². The molecule has 0 unspecified atom stereocenters.